The maximum absolute atomic E-state index is 12.1. The smallest absolute Gasteiger partial charge is 0.230 e. The zero-order valence-electron chi connectivity index (χ0n) is 10.5. The summed E-state index contributed by atoms with van der Waals surface area (Å²) in [6.07, 6.45) is 0.207. The lowest BCUT2D eigenvalue weighted by atomic mass is 10.1. The van der Waals surface area contributed by atoms with Gasteiger partial charge in [-0.15, -0.1) is 0 Å². The van der Waals surface area contributed by atoms with Gasteiger partial charge in [-0.3, -0.25) is 4.79 Å². The number of aliphatic hydroxyl groups excluding tert-OH is 1. The summed E-state index contributed by atoms with van der Waals surface area (Å²) in [4.78, 5) is 13.8. The average Bonchev–Trinajstić information content (AvgIpc) is 2.65. The van der Waals surface area contributed by atoms with E-state index in [1.165, 1.54) is 0 Å². The molecule has 0 radical (unpaired) electrons. The van der Waals surface area contributed by atoms with Gasteiger partial charge in [-0.25, -0.2) is 0 Å². The van der Waals surface area contributed by atoms with Crippen LogP contribution < -0.4 is 0 Å². The lowest BCUT2D eigenvalue weighted by Crippen LogP contribution is -2.37. The third kappa shape index (κ3) is 3.30. The van der Waals surface area contributed by atoms with Crippen LogP contribution in [0, 0.1) is 12.8 Å². The molecule has 1 aliphatic heterocycles. The first-order chi connectivity index (χ1) is 8.69. The molecule has 100 valence electrons. The van der Waals surface area contributed by atoms with Gasteiger partial charge in [0.15, 0.2) is 0 Å². The van der Waals surface area contributed by atoms with Gasteiger partial charge in [-0.05, 0) is 6.92 Å². The van der Waals surface area contributed by atoms with E-state index in [9.17, 15) is 4.79 Å². The lowest BCUT2D eigenvalue weighted by Gasteiger charge is -2.22. The summed E-state index contributed by atoms with van der Waals surface area (Å²) in [5.41, 5.74) is 0.769. The SMILES string of the molecule is Cc1cc(CC(=O)N2CCOC[C@@H](CO)C2)on1. The molecule has 6 heteroatoms. The molecular formula is C12H18N2O4. The van der Waals surface area contributed by atoms with Gasteiger partial charge in [0.25, 0.3) is 0 Å². The molecule has 0 spiro atoms. The summed E-state index contributed by atoms with van der Waals surface area (Å²) >= 11 is 0. The Labute approximate surface area is 106 Å². The highest BCUT2D eigenvalue weighted by Gasteiger charge is 2.22. The van der Waals surface area contributed by atoms with Crippen molar-refractivity contribution in [2.75, 3.05) is 32.9 Å². The monoisotopic (exact) mass is 254 g/mol. The molecule has 1 aromatic heterocycles. The topological polar surface area (TPSA) is 75.8 Å². The van der Waals surface area contributed by atoms with E-state index < -0.39 is 0 Å². The van der Waals surface area contributed by atoms with E-state index in [1.54, 1.807) is 11.0 Å². The number of hydrogen-bond donors (Lipinski definition) is 1. The minimum Gasteiger partial charge on any atom is -0.396 e. The third-order valence-corrected chi connectivity index (χ3v) is 2.95. The van der Waals surface area contributed by atoms with Crippen molar-refractivity contribution >= 4 is 5.91 Å². The fourth-order valence-electron chi connectivity index (χ4n) is 1.98. The van der Waals surface area contributed by atoms with Crippen molar-refractivity contribution in [3.05, 3.63) is 17.5 Å². The second kappa shape index (κ2) is 5.97. The molecule has 1 saturated heterocycles. The molecule has 1 N–H and O–H groups in total. The highest BCUT2D eigenvalue weighted by atomic mass is 16.5. The van der Waals surface area contributed by atoms with Crippen LogP contribution in [-0.2, 0) is 16.0 Å². The quantitative estimate of drug-likeness (QED) is 0.821. The summed E-state index contributed by atoms with van der Waals surface area (Å²) < 4.78 is 10.4. The van der Waals surface area contributed by atoms with Crippen LogP contribution in [0.5, 0.6) is 0 Å². The minimum atomic E-state index is -0.0184. The van der Waals surface area contributed by atoms with E-state index in [1.807, 2.05) is 6.92 Å². The number of aliphatic hydroxyl groups is 1. The molecule has 2 rings (SSSR count). The summed E-state index contributed by atoms with van der Waals surface area (Å²) in [5.74, 6) is 0.547. The average molecular weight is 254 g/mol. The van der Waals surface area contributed by atoms with Crippen molar-refractivity contribution < 1.29 is 19.2 Å². The van der Waals surface area contributed by atoms with Crippen LogP contribution in [0.1, 0.15) is 11.5 Å². The van der Waals surface area contributed by atoms with E-state index in [4.69, 9.17) is 14.4 Å². The first-order valence-corrected chi connectivity index (χ1v) is 6.07. The second-order valence-electron chi connectivity index (χ2n) is 4.57. The molecule has 1 atom stereocenters. The summed E-state index contributed by atoms with van der Waals surface area (Å²) in [6.45, 7) is 3.95. The van der Waals surface area contributed by atoms with E-state index >= 15 is 0 Å². The molecule has 0 unspecified atom stereocenters. The van der Waals surface area contributed by atoms with Crippen molar-refractivity contribution in [3.8, 4) is 0 Å². The molecule has 0 aliphatic carbocycles. The predicted molar refractivity (Wildman–Crippen MR) is 62.9 cm³/mol. The van der Waals surface area contributed by atoms with Crippen LogP contribution in [0.4, 0.5) is 0 Å². The van der Waals surface area contributed by atoms with E-state index in [0.29, 0.717) is 32.1 Å². The highest BCUT2D eigenvalue weighted by Crippen LogP contribution is 2.10. The Morgan fingerprint density at radius 2 is 2.50 bits per heavy atom. The number of nitrogens with zero attached hydrogens (tertiary/aromatic N) is 2. The molecule has 2 heterocycles. The van der Waals surface area contributed by atoms with Crippen LogP contribution in [0.2, 0.25) is 0 Å². The van der Waals surface area contributed by atoms with Gasteiger partial charge in [0.1, 0.15) is 5.76 Å². The van der Waals surface area contributed by atoms with Crippen LogP contribution >= 0.6 is 0 Å². The molecule has 0 bridgehead atoms. The molecule has 6 nitrogen and oxygen atoms in total. The van der Waals surface area contributed by atoms with Crippen molar-refractivity contribution in [1.82, 2.24) is 10.1 Å². The number of aryl methyl sites for hydroxylation is 1. The number of ether oxygens (including phenoxy) is 1. The highest BCUT2D eigenvalue weighted by molar-refractivity contribution is 5.78. The Kier molecular flexibility index (Phi) is 4.33. The van der Waals surface area contributed by atoms with Gasteiger partial charge in [0.2, 0.25) is 5.91 Å². The fraction of sp³-hybridized carbons (Fsp3) is 0.667. The van der Waals surface area contributed by atoms with Crippen molar-refractivity contribution in [1.29, 1.82) is 0 Å². The van der Waals surface area contributed by atoms with Crippen LogP contribution in [0.3, 0.4) is 0 Å². The summed E-state index contributed by atoms with van der Waals surface area (Å²) in [7, 11) is 0. The Balaban J connectivity index is 1.94. The number of rotatable bonds is 3. The van der Waals surface area contributed by atoms with Gasteiger partial charge in [-0.1, -0.05) is 5.16 Å². The molecule has 1 aliphatic rings. The van der Waals surface area contributed by atoms with E-state index in [0.717, 1.165) is 5.69 Å². The van der Waals surface area contributed by atoms with Gasteiger partial charge < -0.3 is 19.3 Å². The summed E-state index contributed by atoms with van der Waals surface area (Å²) in [6, 6.07) is 1.76. The van der Waals surface area contributed by atoms with Crippen molar-refractivity contribution in [2.45, 2.75) is 13.3 Å². The van der Waals surface area contributed by atoms with Gasteiger partial charge in [0, 0.05) is 31.7 Å². The van der Waals surface area contributed by atoms with Crippen molar-refractivity contribution in [3.63, 3.8) is 0 Å². The van der Waals surface area contributed by atoms with Crippen LogP contribution in [-0.4, -0.2) is 54.0 Å². The predicted octanol–water partition coefficient (Wildman–Crippen LogP) is -0.00718. The Hall–Kier alpha value is -1.40. The number of carbonyl (C=O) groups is 1. The normalized spacial score (nSPS) is 20.8. The molecule has 0 saturated carbocycles. The number of hydrogen-bond acceptors (Lipinski definition) is 5. The van der Waals surface area contributed by atoms with E-state index in [2.05, 4.69) is 5.16 Å². The van der Waals surface area contributed by atoms with Gasteiger partial charge in [0.05, 0.1) is 25.3 Å². The van der Waals surface area contributed by atoms with Gasteiger partial charge in [-0.2, -0.15) is 0 Å². The molecule has 0 aromatic carbocycles. The maximum atomic E-state index is 12.1. The minimum absolute atomic E-state index is 0.00656. The standard InChI is InChI=1S/C12H18N2O4/c1-9-4-11(18-13-9)5-12(16)14-2-3-17-8-10(6-14)7-15/h4,10,15H,2-3,5-8H2,1H3/t10-/m1/s1. The number of aromatic nitrogens is 1. The zero-order chi connectivity index (χ0) is 13.0. The largest absolute Gasteiger partial charge is 0.396 e. The Morgan fingerprint density at radius 1 is 1.67 bits per heavy atom. The Bertz CT molecular complexity index is 405. The van der Waals surface area contributed by atoms with Crippen LogP contribution in [0.15, 0.2) is 10.6 Å². The maximum Gasteiger partial charge on any atom is 0.230 e. The zero-order valence-corrected chi connectivity index (χ0v) is 10.5. The first-order valence-electron chi connectivity index (χ1n) is 6.07. The lowest BCUT2D eigenvalue weighted by molar-refractivity contribution is -0.131. The third-order valence-electron chi connectivity index (χ3n) is 2.95. The summed E-state index contributed by atoms with van der Waals surface area (Å²) in [5, 5.41) is 12.9. The molecule has 1 aromatic rings. The molecule has 1 amide bonds. The molecular weight excluding hydrogens is 236 g/mol. The molecule has 18 heavy (non-hydrogen) atoms. The second-order valence-corrected chi connectivity index (χ2v) is 4.57. The van der Waals surface area contributed by atoms with Crippen molar-refractivity contribution in [2.24, 2.45) is 5.92 Å². The number of carbonyl (C=O) groups excluding carboxylic acids is 1. The Morgan fingerprint density at radius 3 is 3.17 bits per heavy atom. The molecule has 1 fully saturated rings. The van der Waals surface area contributed by atoms with E-state index in [-0.39, 0.29) is 24.9 Å². The fourth-order valence-corrected chi connectivity index (χ4v) is 1.98. The van der Waals surface area contributed by atoms with Crippen LogP contribution in [0.25, 0.3) is 0 Å². The first kappa shape index (κ1) is 13.0. The van der Waals surface area contributed by atoms with Gasteiger partial charge >= 0.3 is 0 Å². The number of amides is 1.